The topological polar surface area (TPSA) is 56.7 Å². The lowest BCUT2D eigenvalue weighted by Crippen LogP contribution is -2.06. The summed E-state index contributed by atoms with van der Waals surface area (Å²) in [6.45, 7) is 0. The summed E-state index contributed by atoms with van der Waals surface area (Å²) in [6.07, 6.45) is -4.51. The Kier molecular flexibility index (Phi) is 2.85. The van der Waals surface area contributed by atoms with Gasteiger partial charge < -0.3 is 4.52 Å². The number of thiophene rings is 1. The third-order valence-electron chi connectivity index (χ3n) is 2.56. The normalized spacial score (nSPS) is 12.0. The van der Waals surface area contributed by atoms with Crippen molar-refractivity contribution >= 4 is 11.3 Å². The molecule has 0 saturated carbocycles. The van der Waals surface area contributed by atoms with Gasteiger partial charge in [-0.2, -0.15) is 23.3 Å². The van der Waals surface area contributed by atoms with Crippen molar-refractivity contribution in [3.05, 3.63) is 29.3 Å². The highest BCUT2D eigenvalue weighted by Gasteiger charge is 2.35. The molecule has 9 heteroatoms. The highest BCUT2D eigenvalue weighted by molar-refractivity contribution is 7.13. The zero-order chi connectivity index (χ0) is 14.3. The lowest BCUT2D eigenvalue weighted by Gasteiger charge is -1.98. The van der Waals surface area contributed by atoms with Gasteiger partial charge in [-0.05, 0) is 11.4 Å². The van der Waals surface area contributed by atoms with E-state index in [1.807, 2.05) is 11.4 Å². The second kappa shape index (κ2) is 4.44. The van der Waals surface area contributed by atoms with E-state index in [0.717, 1.165) is 15.6 Å². The Labute approximate surface area is 114 Å². The van der Waals surface area contributed by atoms with Crippen LogP contribution < -0.4 is 0 Å². The van der Waals surface area contributed by atoms with Crippen LogP contribution in [0.5, 0.6) is 0 Å². The van der Waals surface area contributed by atoms with Crippen molar-refractivity contribution in [1.82, 2.24) is 19.9 Å². The molecule has 104 valence electrons. The van der Waals surface area contributed by atoms with Gasteiger partial charge >= 0.3 is 6.18 Å². The van der Waals surface area contributed by atoms with E-state index in [-0.39, 0.29) is 11.6 Å². The number of hydrogen-bond acceptors (Lipinski definition) is 5. The van der Waals surface area contributed by atoms with Gasteiger partial charge in [-0.3, -0.25) is 4.68 Å². The second-order valence-electron chi connectivity index (χ2n) is 3.94. The van der Waals surface area contributed by atoms with E-state index in [1.165, 1.54) is 18.4 Å². The minimum atomic E-state index is -4.51. The minimum Gasteiger partial charge on any atom is -0.332 e. The summed E-state index contributed by atoms with van der Waals surface area (Å²) in [5.41, 5.74) is -0.876. The maximum absolute atomic E-state index is 12.6. The van der Waals surface area contributed by atoms with E-state index in [0.29, 0.717) is 5.82 Å². The summed E-state index contributed by atoms with van der Waals surface area (Å²) >= 11 is 1.41. The summed E-state index contributed by atoms with van der Waals surface area (Å²) < 4.78 is 43.8. The van der Waals surface area contributed by atoms with Crippen LogP contribution in [0.3, 0.4) is 0 Å². The van der Waals surface area contributed by atoms with Gasteiger partial charge in [0.2, 0.25) is 5.82 Å². The highest BCUT2D eigenvalue weighted by Crippen LogP contribution is 2.31. The fourth-order valence-corrected chi connectivity index (χ4v) is 2.29. The van der Waals surface area contributed by atoms with Crippen molar-refractivity contribution in [2.75, 3.05) is 0 Å². The molecule has 0 fully saturated rings. The minimum absolute atomic E-state index is 0.00102. The molecular weight excluding hydrogens is 293 g/mol. The Morgan fingerprint density at radius 1 is 1.35 bits per heavy atom. The number of aromatic nitrogens is 4. The predicted octanol–water partition coefficient (Wildman–Crippen LogP) is 3.22. The molecule has 0 bridgehead atoms. The Hall–Kier alpha value is -2.16. The van der Waals surface area contributed by atoms with Gasteiger partial charge in [-0.1, -0.05) is 11.2 Å². The molecule has 3 heterocycles. The average molecular weight is 300 g/mol. The van der Waals surface area contributed by atoms with E-state index in [4.69, 9.17) is 4.52 Å². The molecule has 0 aliphatic carbocycles. The molecule has 0 atom stereocenters. The first-order chi connectivity index (χ1) is 9.45. The zero-order valence-electron chi connectivity index (χ0n) is 10.0. The van der Waals surface area contributed by atoms with Gasteiger partial charge in [-0.15, -0.1) is 11.3 Å². The molecule has 0 unspecified atom stereocenters. The van der Waals surface area contributed by atoms with E-state index in [9.17, 15) is 13.2 Å². The maximum atomic E-state index is 12.6. The first kappa shape index (κ1) is 12.9. The van der Waals surface area contributed by atoms with Crippen molar-refractivity contribution in [3.8, 4) is 22.3 Å². The van der Waals surface area contributed by atoms with Crippen LogP contribution in [0.4, 0.5) is 13.2 Å². The van der Waals surface area contributed by atoms with Crippen LogP contribution >= 0.6 is 11.3 Å². The monoisotopic (exact) mass is 300 g/mol. The number of aryl methyl sites for hydroxylation is 1. The number of alkyl halides is 3. The summed E-state index contributed by atoms with van der Waals surface area (Å²) in [5.74, 6) is 0.337. The molecule has 3 aromatic heterocycles. The quantitative estimate of drug-likeness (QED) is 0.729. The van der Waals surface area contributed by atoms with Gasteiger partial charge in [0, 0.05) is 13.1 Å². The molecule has 3 aromatic rings. The van der Waals surface area contributed by atoms with Crippen LogP contribution in [0.2, 0.25) is 0 Å². The first-order valence-corrected chi connectivity index (χ1v) is 6.32. The number of nitrogens with zero attached hydrogens (tertiary/aromatic N) is 4. The molecular formula is C11H7F3N4OS. The lowest BCUT2D eigenvalue weighted by molar-refractivity contribution is -0.141. The SMILES string of the molecule is Cn1nc(C(F)(F)F)cc1-c1nc(-c2cccs2)no1. The fraction of sp³-hybridized carbons (Fsp3) is 0.182. The standard InChI is InChI=1S/C11H7F3N4OS/c1-18-6(5-8(16-18)11(12,13)14)10-15-9(17-19-10)7-3-2-4-20-7/h2-5H,1H3. The van der Waals surface area contributed by atoms with Crippen molar-refractivity contribution in [1.29, 1.82) is 0 Å². The van der Waals surface area contributed by atoms with E-state index >= 15 is 0 Å². The molecule has 20 heavy (non-hydrogen) atoms. The number of hydrogen-bond donors (Lipinski definition) is 0. The Morgan fingerprint density at radius 2 is 2.15 bits per heavy atom. The molecule has 0 spiro atoms. The Bertz CT molecular complexity index is 729. The molecule has 5 nitrogen and oxygen atoms in total. The number of rotatable bonds is 2. The van der Waals surface area contributed by atoms with Gasteiger partial charge in [0.05, 0.1) is 4.88 Å². The van der Waals surface area contributed by atoms with Gasteiger partial charge in [0.25, 0.3) is 5.89 Å². The van der Waals surface area contributed by atoms with Crippen LogP contribution in [-0.4, -0.2) is 19.9 Å². The molecule has 0 aliphatic rings. The van der Waals surface area contributed by atoms with Gasteiger partial charge in [-0.25, -0.2) is 0 Å². The van der Waals surface area contributed by atoms with Crippen molar-refractivity contribution < 1.29 is 17.7 Å². The van der Waals surface area contributed by atoms with Gasteiger partial charge in [0.1, 0.15) is 5.69 Å². The summed E-state index contributed by atoms with van der Waals surface area (Å²) in [6, 6.07) is 4.50. The van der Waals surface area contributed by atoms with Crippen LogP contribution in [0.1, 0.15) is 5.69 Å². The van der Waals surface area contributed by atoms with E-state index in [2.05, 4.69) is 15.2 Å². The van der Waals surface area contributed by atoms with Crippen LogP contribution in [0, 0.1) is 0 Å². The fourth-order valence-electron chi connectivity index (χ4n) is 1.64. The van der Waals surface area contributed by atoms with Crippen molar-refractivity contribution in [2.45, 2.75) is 6.18 Å². The van der Waals surface area contributed by atoms with Crippen LogP contribution in [-0.2, 0) is 13.2 Å². The molecule has 0 saturated heterocycles. The molecule has 0 aliphatic heterocycles. The first-order valence-electron chi connectivity index (χ1n) is 5.44. The lowest BCUT2D eigenvalue weighted by atomic mass is 10.3. The molecule has 0 N–H and O–H groups in total. The Morgan fingerprint density at radius 3 is 2.75 bits per heavy atom. The number of halogens is 3. The third kappa shape index (κ3) is 2.20. The smallest absolute Gasteiger partial charge is 0.332 e. The van der Waals surface area contributed by atoms with Crippen LogP contribution in [0.15, 0.2) is 28.1 Å². The second-order valence-corrected chi connectivity index (χ2v) is 4.88. The molecule has 0 radical (unpaired) electrons. The predicted molar refractivity (Wildman–Crippen MR) is 64.8 cm³/mol. The van der Waals surface area contributed by atoms with Crippen LogP contribution in [0.25, 0.3) is 22.3 Å². The molecule has 3 rings (SSSR count). The van der Waals surface area contributed by atoms with Crippen molar-refractivity contribution in [2.24, 2.45) is 7.05 Å². The van der Waals surface area contributed by atoms with Gasteiger partial charge in [0.15, 0.2) is 5.69 Å². The van der Waals surface area contributed by atoms with Crippen molar-refractivity contribution in [3.63, 3.8) is 0 Å². The summed E-state index contributed by atoms with van der Waals surface area (Å²) in [5, 5.41) is 8.99. The Balaban J connectivity index is 2.00. The summed E-state index contributed by atoms with van der Waals surface area (Å²) in [4.78, 5) is 4.86. The molecule has 0 aromatic carbocycles. The zero-order valence-corrected chi connectivity index (χ0v) is 10.9. The third-order valence-corrected chi connectivity index (χ3v) is 3.42. The summed E-state index contributed by atoms with van der Waals surface area (Å²) in [7, 11) is 1.39. The largest absolute Gasteiger partial charge is 0.435 e. The van der Waals surface area contributed by atoms with E-state index in [1.54, 1.807) is 6.07 Å². The van der Waals surface area contributed by atoms with E-state index < -0.39 is 11.9 Å². The molecule has 0 amide bonds. The highest BCUT2D eigenvalue weighted by atomic mass is 32.1. The average Bonchev–Trinajstić information content (AvgIpc) is 3.06. The maximum Gasteiger partial charge on any atom is 0.435 e.